The maximum atomic E-state index is 5.59. The molecule has 0 radical (unpaired) electrons. The number of rotatable bonds is 5. The maximum absolute atomic E-state index is 5.59. The molecule has 1 aliphatic heterocycles. The molecule has 26 heavy (non-hydrogen) atoms. The number of nitrogens with one attached hydrogen (secondary N) is 1. The fourth-order valence-electron chi connectivity index (χ4n) is 3.83. The van der Waals surface area contributed by atoms with Crippen LogP contribution in [0.2, 0.25) is 0 Å². The molecule has 0 amide bonds. The lowest BCUT2D eigenvalue weighted by Crippen LogP contribution is -2.10. The van der Waals surface area contributed by atoms with Crippen molar-refractivity contribution in [1.82, 2.24) is 20.4 Å². The van der Waals surface area contributed by atoms with Gasteiger partial charge in [-0.15, -0.1) is 0 Å². The largest absolute Gasteiger partial charge is 0.497 e. The van der Waals surface area contributed by atoms with Gasteiger partial charge in [0.1, 0.15) is 12.0 Å². The molecule has 1 saturated carbocycles. The Morgan fingerprint density at radius 1 is 1.27 bits per heavy atom. The molecule has 2 aromatic heterocycles. The highest BCUT2D eigenvalue weighted by molar-refractivity contribution is 5.54. The minimum Gasteiger partial charge on any atom is -0.497 e. The molecule has 2 aliphatic rings. The van der Waals surface area contributed by atoms with E-state index in [9.17, 15) is 0 Å². The van der Waals surface area contributed by atoms with Gasteiger partial charge in [-0.3, -0.25) is 0 Å². The van der Waals surface area contributed by atoms with Crippen molar-refractivity contribution in [3.05, 3.63) is 47.9 Å². The first-order valence-corrected chi connectivity index (χ1v) is 8.88. The van der Waals surface area contributed by atoms with Gasteiger partial charge in [0.05, 0.1) is 19.2 Å². The van der Waals surface area contributed by atoms with E-state index in [1.54, 1.807) is 13.4 Å². The molecule has 0 bridgehead atoms. The fourth-order valence-corrected chi connectivity index (χ4v) is 3.83. The normalized spacial score (nSPS) is 24.3. The average Bonchev–Trinajstić information content (AvgIpc) is 3.12. The molecule has 7 heteroatoms. The third-order valence-corrected chi connectivity index (χ3v) is 5.48. The van der Waals surface area contributed by atoms with Gasteiger partial charge in [0, 0.05) is 18.0 Å². The van der Waals surface area contributed by atoms with Crippen molar-refractivity contribution in [3.63, 3.8) is 0 Å². The van der Waals surface area contributed by atoms with Crippen molar-refractivity contribution in [1.29, 1.82) is 0 Å². The van der Waals surface area contributed by atoms with Crippen LogP contribution in [0.5, 0.6) is 5.75 Å². The Morgan fingerprint density at radius 2 is 2.15 bits per heavy atom. The van der Waals surface area contributed by atoms with Crippen molar-refractivity contribution in [3.8, 4) is 17.2 Å². The van der Waals surface area contributed by atoms with Crippen LogP contribution in [0.1, 0.15) is 36.2 Å². The lowest BCUT2D eigenvalue weighted by atomic mass is 10.0. The van der Waals surface area contributed by atoms with Crippen LogP contribution in [-0.2, 0) is 6.42 Å². The number of ether oxygens (including phenoxy) is 1. The molecule has 2 atom stereocenters. The van der Waals surface area contributed by atoms with Gasteiger partial charge in [0.2, 0.25) is 11.8 Å². The van der Waals surface area contributed by atoms with E-state index in [2.05, 4.69) is 20.4 Å². The standard InChI is InChI=1S/C19H20N4O3/c1-24-14-4-2-12(3-5-14)17-21-13(10-25-17)8-16-22-18(26-23-16)15-9-19(15)6-7-20-11-19/h2-5,10,15,20H,6-9,11H2,1H3. The SMILES string of the molecule is COc1ccc(-c2nc(Cc3noc(C4CC45CCNC5)n3)co2)cc1. The highest BCUT2D eigenvalue weighted by Gasteiger charge is 2.58. The van der Waals surface area contributed by atoms with Gasteiger partial charge in [0.25, 0.3) is 0 Å². The van der Waals surface area contributed by atoms with Gasteiger partial charge in [-0.1, -0.05) is 5.16 Å². The summed E-state index contributed by atoms with van der Waals surface area (Å²) in [4.78, 5) is 9.12. The second-order valence-electron chi connectivity index (χ2n) is 7.14. The minimum absolute atomic E-state index is 0.360. The van der Waals surface area contributed by atoms with Crippen LogP contribution in [0, 0.1) is 5.41 Å². The first-order chi connectivity index (χ1) is 12.8. The molecule has 134 valence electrons. The Balaban J connectivity index is 1.28. The third-order valence-electron chi connectivity index (χ3n) is 5.48. The van der Waals surface area contributed by atoms with Crippen molar-refractivity contribution < 1.29 is 13.7 Å². The van der Waals surface area contributed by atoms with Crippen LogP contribution in [0.15, 0.2) is 39.5 Å². The van der Waals surface area contributed by atoms with Crippen molar-refractivity contribution >= 4 is 0 Å². The van der Waals surface area contributed by atoms with E-state index in [0.29, 0.717) is 29.5 Å². The molecule has 2 fully saturated rings. The Hall–Kier alpha value is -2.67. The molecular weight excluding hydrogens is 332 g/mol. The summed E-state index contributed by atoms with van der Waals surface area (Å²) in [5.41, 5.74) is 2.05. The summed E-state index contributed by atoms with van der Waals surface area (Å²) in [6.45, 7) is 2.15. The quantitative estimate of drug-likeness (QED) is 0.755. The second-order valence-corrected chi connectivity index (χ2v) is 7.14. The molecule has 3 aromatic rings. The van der Waals surface area contributed by atoms with E-state index < -0.39 is 0 Å². The monoisotopic (exact) mass is 352 g/mol. The van der Waals surface area contributed by atoms with Crippen molar-refractivity contribution in [2.75, 3.05) is 20.2 Å². The smallest absolute Gasteiger partial charge is 0.230 e. The molecule has 1 N–H and O–H groups in total. The zero-order chi connectivity index (χ0) is 17.6. The topological polar surface area (TPSA) is 86.2 Å². The lowest BCUT2D eigenvalue weighted by Gasteiger charge is -2.02. The summed E-state index contributed by atoms with van der Waals surface area (Å²) in [6, 6.07) is 7.61. The lowest BCUT2D eigenvalue weighted by molar-refractivity contribution is 0.359. The first kappa shape index (κ1) is 15.6. The number of hydrogen-bond donors (Lipinski definition) is 1. The third kappa shape index (κ3) is 2.68. The number of hydrogen-bond acceptors (Lipinski definition) is 7. The number of nitrogens with zero attached hydrogens (tertiary/aromatic N) is 3. The van der Waals surface area contributed by atoms with Crippen LogP contribution in [0.25, 0.3) is 11.5 Å². The number of oxazole rings is 1. The van der Waals surface area contributed by atoms with Gasteiger partial charge >= 0.3 is 0 Å². The van der Waals surface area contributed by atoms with Gasteiger partial charge in [-0.2, -0.15) is 4.98 Å². The maximum Gasteiger partial charge on any atom is 0.230 e. The van der Waals surface area contributed by atoms with Crippen molar-refractivity contribution in [2.24, 2.45) is 5.41 Å². The van der Waals surface area contributed by atoms with E-state index in [4.69, 9.17) is 13.7 Å². The number of methoxy groups -OCH3 is 1. The summed E-state index contributed by atoms with van der Waals surface area (Å²) in [6.07, 6.45) is 4.49. The zero-order valence-corrected chi connectivity index (χ0v) is 14.6. The summed E-state index contributed by atoms with van der Waals surface area (Å²) < 4.78 is 16.3. The molecular formula is C19H20N4O3. The van der Waals surface area contributed by atoms with Crippen LogP contribution < -0.4 is 10.1 Å². The average molecular weight is 352 g/mol. The summed E-state index contributed by atoms with van der Waals surface area (Å²) in [7, 11) is 1.64. The highest BCUT2D eigenvalue weighted by atomic mass is 16.5. The molecule has 2 unspecified atom stereocenters. The first-order valence-electron chi connectivity index (χ1n) is 8.88. The fraction of sp³-hybridized carbons (Fsp3) is 0.421. The molecule has 1 spiro atoms. The van der Waals surface area contributed by atoms with Crippen LogP contribution >= 0.6 is 0 Å². The van der Waals surface area contributed by atoms with E-state index in [-0.39, 0.29) is 0 Å². The Kier molecular flexibility index (Phi) is 3.56. The predicted molar refractivity (Wildman–Crippen MR) is 92.9 cm³/mol. The van der Waals surface area contributed by atoms with Gasteiger partial charge < -0.3 is 19.0 Å². The Bertz CT molecular complexity index is 909. The minimum atomic E-state index is 0.360. The van der Waals surface area contributed by atoms with Gasteiger partial charge in [0.15, 0.2) is 5.82 Å². The Morgan fingerprint density at radius 3 is 2.92 bits per heavy atom. The van der Waals surface area contributed by atoms with Crippen LogP contribution in [0.4, 0.5) is 0 Å². The second kappa shape index (κ2) is 5.95. The number of benzene rings is 1. The zero-order valence-electron chi connectivity index (χ0n) is 14.6. The molecule has 3 heterocycles. The molecule has 7 nitrogen and oxygen atoms in total. The van der Waals surface area contributed by atoms with E-state index in [0.717, 1.165) is 42.4 Å². The predicted octanol–water partition coefficient (Wildman–Crippen LogP) is 2.79. The molecule has 1 aromatic carbocycles. The van der Waals surface area contributed by atoms with E-state index in [1.165, 1.54) is 6.42 Å². The highest BCUT2D eigenvalue weighted by Crippen LogP contribution is 2.62. The van der Waals surface area contributed by atoms with Crippen LogP contribution in [0.3, 0.4) is 0 Å². The molecule has 1 saturated heterocycles. The number of aromatic nitrogens is 3. The Labute approximate surface area is 150 Å². The molecule has 5 rings (SSSR count). The van der Waals surface area contributed by atoms with Crippen molar-refractivity contribution in [2.45, 2.75) is 25.2 Å². The summed E-state index contributed by atoms with van der Waals surface area (Å²) >= 11 is 0. The van der Waals surface area contributed by atoms with E-state index in [1.807, 2.05) is 24.3 Å². The van der Waals surface area contributed by atoms with Gasteiger partial charge in [-0.25, -0.2) is 4.98 Å². The van der Waals surface area contributed by atoms with Crippen LogP contribution in [-0.4, -0.2) is 35.3 Å². The summed E-state index contributed by atoms with van der Waals surface area (Å²) in [5, 5.41) is 7.55. The van der Waals surface area contributed by atoms with Gasteiger partial charge in [-0.05, 0) is 49.1 Å². The molecule has 1 aliphatic carbocycles. The van der Waals surface area contributed by atoms with E-state index >= 15 is 0 Å². The summed E-state index contributed by atoms with van der Waals surface area (Å²) in [5.74, 6) is 3.20.